The van der Waals surface area contributed by atoms with Crippen molar-refractivity contribution >= 4 is 42.3 Å². The molecule has 5 atom stereocenters. The van der Waals surface area contributed by atoms with E-state index in [4.69, 9.17) is 16.6 Å². The van der Waals surface area contributed by atoms with E-state index in [9.17, 15) is 29.1 Å². The summed E-state index contributed by atoms with van der Waals surface area (Å²) < 4.78 is 0. The van der Waals surface area contributed by atoms with Crippen LogP contribution in [0.1, 0.15) is 46.0 Å². The van der Waals surface area contributed by atoms with Crippen LogP contribution in [-0.2, 0) is 24.0 Å². The SMILES string of the molecule is CCC(C)C(N)C(=O)NC(CS)C(=O)NC(CC(=O)O)C(=O)NC(CCCCN)C(=O)O. The van der Waals surface area contributed by atoms with E-state index >= 15 is 0 Å². The Morgan fingerprint density at radius 2 is 1.44 bits per heavy atom. The Morgan fingerprint density at radius 1 is 0.906 bits per heavy atom. The zero-order valence-corrected chi connectivity index (χ0v) is 19.3. The van der Waals surface area contributed by atoms with Crippen molar-refractivity contribution in [1.82, 2.24) is 16.0 Å². The van der Waals surface area contributed by atoms with Gasteiger partial charge in [0, 0.05) is 5.75 Å². The molecule has 0 aliphatic carbocycles. The maximum absolute atomic E-state index is 12.6. The van der Waals surface area contributed by atoms with Gasteiger partial charge in [-0.3, -0.25) is 19.2 Å². The number of aliphatic carboxylic acids is 2. The Labute approximate surface area is 192 Å². The molecule has 0 bridgehead atoms. The maximum Gasteiger partial charge on any atom is 0.326 e. The fraction of sp³-hybridized carbons (Fsp3) is 0.737. The summed E-state index contributed by atoms with van der Waals surface area (Å²) in [4.78, 5) is 59.9. The molecule has 0 aliphatic rings. The maximum atomic E-state index is 12.6. The lowest BCUT2D eigenvalue weighted by molar-refractivity contribution is -0.143. The van der Waals surface area contributed by atoms with E-state index in [-0.39, 0.29) is 18.1 Å². The first-order valence-electron chi connectivity index (χ1n) is 10.4. The number of carboxylic acids is 2. The average Bonchev–Trinajstić information content (AvgIpc) is 2.74. The molecule has 0 spiro atoms. The Morgan fingerprint density at radius 3 is 1.91 bits per heavy atom. The van der Waals surface area contributed by atoms with Gasteiger partial charge in [-0.25, -0.2) is 4.79 Å². The number of carbonyl (C=O) groups excluding carboxylic acids is 3. The fourth-order valence-electron chi connectivity index (χ4n) is 2.65. The predicted molar refractivity (Wildman–Crippen MR) is 120 cm³/mol. The summed E-state index contributed by atoms with van der Waals surface area (Å²) in [5, 5.41) is 25.3. The van der Waals surface area contributed by atoms with Crippen LogP contribution in [0.3, 0.4) is 0 Å². The van der Waals surface area contributed by atoms with E-state index < -0.39 is 60.2 Å². The van der Waals surface area contributed by atoms with Crippen molar-refractivity contribution < 1.29 is 34.2 Å². The monoisotopic (exact) mass is 477 g/mol. The van der Waals surface area contributed by atoms with Crippen molar-refractivity contribution in [2.45, 2.75) is 70.1 Å². The van der Waals surface area contributed by atoms with Gasteiger partial charge < -0.3 is 37.6 Å². The number of thiol groups is 1. The van der Waals surface area contributed by atoms with Gasteiger partial charge in [-0.05, 0) is 31.7 Å². The number of nitrogens with one attached hydrogen (secondary N) is 3. The summed E-state index contributed by atoms with van der Waals surface area (Å²) in [7, 11) is 0. The van der Waals surface area contributed by atoms with Gasteiger partial charge in [-0.1, -0.05) is 20.3 Å². The standard InChI is InChI=1S/C19H35N5O7S/c1-3-10(2)15(21)18(29)24-13(9-32)17(28)23-12(8-14(25)26)16(27)22-11(19(30)31)6-4-5-7-20/h10-13,15,32H,3-9,20-21H2,1-2H3,(H,22,27)(H,23,28)(H,24,29)(H,25,26)(H,30,31). The minimum Gasteiger partial charge on any atom is -0.481 e. The second kappa shape index (κ2) is 15.4. The van der Waals surface area contributed by atoms with Gasteiger partial charge in [0.15, 0.2) is 0 Å². The highest BCUT2D eigenvalue weighted by Crippen LogP contribution is 2.07. The number of hydrogen-bond donors (Lipinski definition) is 8. The van der Waals surface area contributed by atoms with Crippen molar-refractivity contribution in [1.29, 1.82) is 0 Å². The van der Waals surface area contributed by atoms with Crippen LogP contribution in [0.25, 0.3) is 0 Å². The molecule has 12 nitrogen and oxygen atoms in total. The summed E-state index contributed by atoms with van der Waals surface area (Å²) in [6.07, 6.45) is 0.940. The number of amides is 3. The van der Waals surface area contributed by atoms with E-state index in [0.717, 1.165) is 0 Å². The van der Waals surface area contributed by atoms with Crippen molar-refractivity contribution in [3.63, 3.8) is 0 Å². The van der Waals surface area contributed by atoms with Crippen molar-refractivity contribution in [3.8, 4) is 0 Å². The van der Waals surface area contributed by atoms with Crippen LogP contribution in [-0.4, -0.2) is 76.3 Å². The number of hydrogen-bond acceptors (Lipinski definition) is 8. The molecule has 5 unspecified atom stereocenters. The predicted octanol–water partition coefficient (Wildman–Crippen LogP) is -1.57. The number of unbranched alkanes of at least 4 members (excludes halogenated alkanes) is 1. The average molecular weight is 478 g/mol. The molecule has 0 aromatic carbocycles. The van der Waals surface area contributed by atoms with Crippen LogP contribution in [0.4, 0.5) is 0 Å². The van der Waals surface area contributed by atoms with E-state index in [2.05, 4.69) is 28.6 Å². The molecule has 9 N–H and O–H groups in total. The van der Waals surface area contributed by atoms with Crippen molar-refractivity contribution in [2.75, 3.05) is 12.3 Å². The van der Waals surface area contributed by atoms with Gasteiger partial charge in [0.25, 0.3) is 0 Å². The van der Waals surface area contributed by atoms with E-state index in [1.54, 1.807) is 6.92 Å². The molecular weight excluding hydrogens is 442 g/mol. The Balaban J connectivity index is 5.27. The topological polar surface area (TPSA) is 214 Å². The third-order valence-corrected chi connectivity index (χ3v) is 5.31. The van der Waals surface area contributed by atoms with Crippen LogP contribution in [0.15, 0.2) is 0 Å². The molecule has 0 rings (SSSR count). The van der Waals surface area contributed by atoms with E-state index in [0.29, 0.717) is 25.8 Å². The minimum absolute atomic E-state index is 0.0921. The third kappa shape index (κ3) is 10.8. The number of carboxylic acid groups (broad SMARTS) is 2. The quantitative estimate of drug-likeness (QED) is 0.0950. The highest BCUT2D eigenvalue weighted by Gasteiger charge is 2.31. The van der Waals surface area contributed by atoms with E-state index in [1.165, 1.54) is 0 Å². The summed E-state index contributed by atoms with van der Waals surface area (Å²) in [5.74, 6) is -5.36. The first-order valence-corrected chi connectivity index (χ1v) is 11.0. The van der Waals surface area contributed by atoms with Crippen LogP contribution in [0, 0.1) is 5.92 Å². The summed E-state index contributed by atoms with van der Waals surface area (Å²) in [6, 6.07) is -4.86. The Kier molecular flexibility index (Phi) is 14.3. The first kappa shape index (κ1) is 29.6. The van der Waals surface area contributed by atoms with Gasteiger partial charge in [-0.2, -0.15) is 12.6 Å². The highest BCUT2D eigenvalue weighted by molar-refractivity contribution is 7.80. The molecular formula is C19H35N5O7S. The van der Waals surface area contributed by atoms with Crippen LogP contribution in [0.2, 0.25) is 0 Å². The number of rotatable bonds is 16. The summed E-state index contributed by atoms with van der Waals surface area (Å²) in [5.41, 5.74) is 11.2. The van der Waals surface area contributed by atoms with Crippen LogP contribution >= 0.6 is 12.6 Å². The smallest absolute Gasteiger partial charge is 0.326 e. The molecule has 3 amide bonds. The lowest BCUT2D eigenvalue weighted by Gasteiger charge is -2.24. The van der Waals surface area contributed by atoms with E-state index in [1.807, 2.05) is 6.92 Å². The molecule has 0 aromatic rings. The highest BCUT2D eigenvalue weighted by atomic mass is 32.1. The largest absolute Gasteiger partial charge is 0.481 e. The zero-order valence-electron chi connectivity index (χ0n) is 18.4. The molecule has 32 heavy (non-hydrogen) atoms. The third-order valence-electron chi connectivity index (χ3n) is 4.95. The molecule has 0 fully saturated rings. The molecule has 0 heterocycles. The van der Waals surface area contributed by atoms with Crippen LogP contribution < -0.4 is 27.4 Å². The summed E-state index contributed by atoms with van der Waals surface area (Å²) >= 11 is 4.03. The lowest BCUT2D eigenvalue weighted by Crippen LogP contribution is -2.58. The zero-order chi connectivity index (χ0) is 24.8. The van der Waals surface area contributed by atoms with Crippen LogP contribution in [0.5, 0.6) is 0 Å². The van der Waals surface area contributed by atoms with Crippen molar-refractivity contribution in [3.05, 3.63) is 0 Å². The molecule has 184 valence electrons. The fourth-order valence-corrected chi connectivity index (χ4v) is 2.91. The molecule has 0 saturated carbocycles. The first-order chi connectivity index (χ1) is 15.0. The second-order valence-corrected chi connectivity index (χ2v) is 7.86. The number of nitrogens with two attached hydrogens (primary N) is 2. The van der Waals surface area contributed by atoms with Gasteiger partial charge in [-0.15, -0.1) is 0 Å². The second-order valence-electron chi connectivity index (χ2n) is 7.50. The molecule has 0 aliphatic heterocycles. The Bertz CT molecular complexity index is 664. The lowest BCUT2D eigenvalue weighted by atomic mass is 9.99. The van der Waals surface area contributed by atoms with Crippen molar-refractivity contribution in [2.24, 2.45) is 17.4 Å². The molecule has 13 heteroatoms. The normalized spacial score (nSPS) is 15.5. The molecule has 0 radical (unpaired) electrons. The van der Waals surface area contributed by atoms with Gasteiger partial charge in [0.2, 0.25) is 17.7 Å². The molecule has 0 aromatic heterocycles. The minimum atomic E-state index is -1.56. The van der Waals surface area contributed by atoms with Gasteiger partial charge >= 0.3 is 11.9 Å². The molecule has 0 saturated heterocycles. The number of carbonyl (C=O) groups is 5. The Hall–Kier alpha value is -2.38. The summed E-state index contributed by atoms with van der Waals surface area (Å²) in [6.45, 7) is 3.99. The van der Waals surface area contributed by atoms with Gasteiger partial charge in [0.05, 0.1) is 12.5 Å². The van der Waals surface area contributed by atoms with Gasteiger partial charge in [0.1, 0.15) is 18.1 Å².